The number of carbonyl (C=O) groups excluding carboxylic acids is 1. The number of ether oxygens (including phenoxy) is 1. The largest absolute Gasteiger partial charge is 0.497 e. The molecule has 1 heterocycles. The number of aliphatic carboxylic acids is 1. The summed E-state index contributed by atoms with van der Waals surface area (Å²) in [4.78, 5) is 24.3. The van der Waals surface area contributed by atoms with Crippen molar-refractivity contribution in [1.82, 2.24) is 9.88 Å². The maximum atomic E-state index is 13.0. The first-order valence-corrected chi connectivity index (χ1v) is 12.0. The fraction of sp³-hybridized carbons (Fsp3) is 0.357. The smallest absolute Gasteiger partial charge is 0.307 e. The van der Waals surface area contributed by atoms with Crippen LogP contribution in [0.2, 0.25) is 5.02 Å². The first kappa shape index (κ1) is 28.1. The van der Waals surface area contributed by atoms with Crippen LogP contribution in [0.4, 0.5) is 0 Å². The zero-order valence-electron chi connectivity index (χ0n) is 21.3. The summed E-state index contributed by atoms with van der Waals surface area (Å²) >= 11 is 5.89. The summed E-state index contributed by atoms with van der Waals surface area (Å²) < 4.78 is 6.77. The Kier molecular flexibility index (Phi) is 10.6. The molecule has 0 radical (unpaired) electrons. The van der Waals surface area contributed by atoms with E-state index >= 15 is 0 Å². The number of halogens is 1. The summed E-state index contributed by atoms with van der Waals surface area (Å²) in [6.07, 6.45) is 4.55. The van der Waals surface area contributed by atoms with Crippen molar-refractivity contribution in [3.05, 3.63) is 76.0 Å². The van der Waals surface area contributed by atoms with Crippen LogP contribution in [0.25, 0.3) is 10.9 Å². The Balaban J connectivity index is 0.000000367. The molecule has 7 heteroatoms. The molecule has 1 unspecified atom stereocenters. The molecular weight excluding hydrogens is 464 g/mol. The maximum Gasteiger partial charge on any atom is 0.307 e. The second-order valence-corrected chi connectivity index (χ2v) is 9.15. The molecule has 0 aliphatic rings. The van der Waals surface area contributed by atoms with Gasteiger partial charge >= 0.3 is 5.97 Å². The van der Waals surface area contributed by atoms with E-state index < -0.39 is 5.97 Å². The highest BCUT2D eigenvalue weighted by atomic mass is 35.5. The summed E-state index contributed by atoms with van der Waals surface area (Å²) in [6.45, 7) is 8.24. The van der Waals surface area contributed by atoms with Gasteiger partial charge in [0.05, 0.1) is 19.0 Å². The number of carbonyl (C=O) groups is 2. The molecule has 0 aliphatic heterocycles. The number of carboxylic acids is 1. The minimum atomic E-state index is -0.955. The third-order valence-corrected chi connectivity index (χ3v) is 6.06. The van der Waals surface area contributed by atoms with Gasteiger partial charge in [0.15, 0.2) is 0 Å². The standard InChI is InChI=1S/C19H16ClNO4.C9H19N/c1-11-15(10-18(22)23)16-9-14(25-2)7-8-17(16)21(11)19(24)12-3-5-13(20)6-4-12;1-8(2)6-5-7-9(3)10-4/h3-9H,10H2,1-2H3,(H,22,23);6,9-10H,5,7H2,1-4H3. The number of nitrogens with zero attached hydrogens (tertiary/aromatic N) is 1. The Bertz CT molecular complexity index is 1190. The molecule has 3 aromatic rings. The average molecular weight is 499 g/mol. The lowest BCUT2D eigenvalue weighted by Crippen LogP contribution is -2.20. The summed E-state index contributed by atoms with van der Waals surface area (Å²) in [5.74, 6) is -0.583. The zero-order valence-corrected chi connectivity index (χ0v) is 22.1. The number of aromatic nitrogens is 1. The van der Waals surface area contributed by atoms with Gasteiger partial charge in [0.2, 0.25) is 0 Å². The second kappa shape index (κ2) is 13.1. The van der Waals surface area contributed by atoms with Gasteiger partial charge in [-0.25, -0.2) is 0 Å². The topological polar surface area (TPSA) is 80.6 Å². The molecule has 188 valence electrons. The lowest BCUT2D eigenvalue weighted by atomic mass is 10.1. The molecule has 0 fully saturated rings. The summed E-state index contributed by atoms with van der Waals surface area (Å²) in [5, 5.41) is 13.7. The van der Waals surface area contributed by atoms with E-state index in [1.165, 1.54) is 23.0 Å². The molecule has 6 nitrogen and oxygen atoms in total. The van der Waals surface area contributed by atoms with E-state index in [0.29, 0.717) is 44.5 Å². The SMILES string of the molecule is CNC(C)CCC=C(C)C.COc1ccc2c(c1)c(CC(=O)O)c(C)n2C(=O)c1ccc(Cl)cc1. The van der Waals surface area contributed by atoms with Crippen LogP contribution in [0, 0.1) is 6.92 Å². The van der Waals surface area contributed by atoms with E-state index in [-0.39, 0.29) is 12.3 Å². The van der Waals surface area contributed by atoms with Gasteiger partial charge in [0.25, 0.3) is 5.91 Å². The Morgan fingerprint density at radius 1 is 1.17 bits per heavy atom. The fourth-order valence-electron chi connectivity index (χ4n) is 3.71. The van der Waals surface area contributed by atoms with Crippen LogP contribution >= 0.6 is 11.6 Å². The van der Waals surface area contributed by atoms with Gasteiger partial charge in [-0.3, -0.25) is 14.2 Å². The quantitative estimate of drug-likeness (QED) is 0.358. The van der Waals surface area contributed by atoms with Crippen molar-refractivity contribution in [1.29, 1.82) is 0 Å². The molecule has 0 saturated heterocycles. The van der Waals surface area contributed by atoms with E-state index in [1.54, 1.807) is 56.5 Å². The first-order chi connectivity index (χ1) is 16.6. The Morgan fingerprint density at radius 2 is 1.83 bits per heavy atom. The van der Waals surface area contributed by atoms with Gasteiger partial charge in [0, 0.05) is 27.7 Å². The predicted molar refractivity (Wildman–Crippen MR) is 143 cm³/mol. The van der Waals surface area contributed by atoms with Crippen molar-refractivity contribution in [2.24, 2.45) is 0 Å². The van der Waals surface area contributed by atoms with Crippen molar-refractivity contribution in [2.45, 2.75) is 53.0 Å². The van der Waals surface area contributed by atoms with E-state index in [0.717, 1.165) is 0 Å². The zero-order chi connectivity index (χ0) is 26.1. The number of nitrogens with one attached hydrogen (secondary N) is 1. The van der Waals surface area contributed by atoms with Crippen molar-refractivity contribution < 1.29 is 19.4 Å². The monoisotopic (exact) mass is 498 g/mol. The summed E-state index contributed by atoms with van der Waals surface area (Å²) in [6, 6.07) is 12.5. The molecule has 1 atom stereocenters. The van der Waals surface area contributed by atoms with Crippen molar-refractivity contribution >= 4 is 34.4 Å². The summed E-state index contributed by atoms with van der Waals surface area (Å²) in [7, 11) is 3.55. The van der Waals surface area contributed by atoms with Gasteiger partial charge in [-0.05, 0) is 95.6 Å². The number of hydrogen-bond donors (Lipinski definition) is 2. The van der Waals surface area contributed by atoms with Crippen LogP contribution in [-0.4, -0.2) is 41.7 Å². The van der Waals surface area contributed by atoms with Crippen LogP contribution < -0.4 is 10.1 Å². The molecule has 0 spiro atoms. The highest BCUT2D eigenvalue weighted by Crippen LogP contribution is 2.30. The van der Waals surface area contributed by atoms with Crippen LogP contribution in [0.3, 0.4) is 0 Å². The molecule has 35 heavy (non-hydrogen) atoms. The van der Waals surface area contributed by atoms with Gasteiger partial charge in [-0.1, -0.05) is 23.3 Å². The Hall–Kier alpha value is -3.09. The third-order valence-electron chi connectivity index (χ3n) is 5.81. The molecule has 2 N–H and O–H groups in total. The molecule has 0 saturated carbocycles. The Morgan fingerprint density at radius 3 is 2.37 bits per heavy atom. The second-order valence-electron chi connectivity index (χ2n) is 8.71. The molecule has 0 amide bonds. The average Bonchev–Trinajstić information content (AvgIpc) is 3.09. The molecule has 2 aromatic carbocycles. The number of benzene rings is 2. The normalized spacial score (nSPS) is 11.4. The van der Waals surface area contributed by atoms with E-state index in [1.807, 2.05) is 7.05 Å². The van der Waals surface area contributed by atoms with Gasteiger partial charge in [-0.2, -0.15) is 0 Å². The molecule has 0 bridgehead atoms. The predicted octanol–water partition coefficient (Wildman–Crippen LogP) is 6.27. The van der Waals surface area contributed by atoms with Crippen LogP contribution in [0.15, 0.2) is 54.1 Å². The number of rotatable bonds is 8. The number of allylic oxidation sites excluding steroid dienone is 2. The highest BCUT2D eigenvalue weighted by molar-refractivity contribution is 6.30. The lowest BCUT2D eigenvalue weighted by molar-refractivity contribution is -0.136. The fourth-order valence-corrected chi connectivity index (χ4v) is 3.84. The van der Waals surface area contributed by atoms with E-state index in [9.17, 15) is 14.7 Å². The Labute approximate surface area is 212 Å². The number of fused-ring (bicyclic) bond motifs is 1. The van der Waals surface area contributed by atoms with Crippen LogP contribution in [-0.2, 0) is 11.2 Å². The third kappa shape index (κ3) is 7.70. The number of hydrogen-bond acceptors (Lipinski definition) is 4. The maximum absolute atomic E-state index is 13.0. The van der Waals surface area contributed by atoms with Gasteiger partial charge < -0.3 is 15.2 Å². The minimum absolute atomic E-state index is 0.170. The van der Waals surface area contributed by atoms with Crippen LogP contribution in [0.1, 0.15) is 55.2 Å². The lowest BCUT2D eigenvalue weighted by Gasteiger charge is -2.08. The molecule has 1 aromatic heterocycles. The van der Waals surface area contributed by atoms with E-state index in [4.69, 9.17) is 16.3 Å². The molecule has 3 rings (SSSR count). The number of carboxylic acid groups (broad SMARTS) is 1. The first-order valence-electron chi connectivity index (χ1n) is 11.6. The summed E-state index contributed by atoms with van der Waals surface area (Å²) in [5.41, 5.74) is 3.74. The number of methoxy groups -OCH3 is 1. The minimum Gasteiger partial charge on any atom is -0.497 e. The van der Waals surface area contributed by atoms with Crippen molar-refractivity contribution in [3.8, 4) is 5.75 Å². The van der Waals surface area contributed by atoms with Crippen LogP contribution in [0.5, 0.6) is 5.75 Å². The van der Waals surface area contributed by atoms with E-state index in [2.05, 4.69) is 32.2 Å². The van der Waals surface area contributed by atoms with Gasteiger partial charge in [-0.15, -0.1) is 0 Å². The molecular formula is C28H35ClN2O4. The highest BCUT2D eigenvalue weighted by Gasteiger charge is 2.21. The van der Waals surface area contributed by atoms with Crippen molar-refractivity contribution in [2.75, 3.05) is 14.2 Å². The van der Waals surface area contributed by atoms with Gasteiger partial charge in [0.1, 0.15) is 5.75 Å². The van der Waals surface area contributed by atoms with Crippen molar-refractivity contribution in [3.63, 3.8) is 0 Å². The molecule has 0 aliphatic carbocycles.